The number of fused-ring (bicyclic) bond motifs is 1. The fourth-order valence-electron chi connectivity index (χ4n) is 11.5. The van der Waals surface area contributed by atoms with E-state index in [2.05, 4.69) is 61.1 Å². The highest BCUT2D eigenvalue weighted by atomic mass is 35.5. The molecule has 0 radical (unpaired) electrons. The number of pyridine rings is 1. The van der Waals surface area contributed by atoms with Crippen molar-refractivity contribution in [1.82, 2.24) is 24.9 Å². The molecule has 3 aliphatic carbocycles. The largest absolute Gasteiger partial charge is 0.455 e. The van der Waals surface area contributed by atoms with Gasteiger partial charge in [-0.15, -0.1) is 0 Å². The highest BCUT2D eigenvalue weighted by Gasteiger charge is 2.37. The number of carbonyl (C=O) groups excluding carboxylic acids is 2. The van der Waals surface area contributed by atoms with E-state index in [1.807, 2.05) is 18.2 Å². The number of ether oxygens (including phenoxy) is 1. The van der Waals surface area contributed by atoms with Crippen molar-refractivity contribution in [2.75, 3.05) is 56.0 Å². The van der Waals surface area contributed by atoms with Gasteiger partial charge in [0.25, 0.3) is 21.6 Å². The van der Waals surface area contributed by atoms with Crippen LogP contribution in [-0.4, -0.2) is 85.8 Å². The number of hydrogen-bond donors (Lipinski definition) is 4. The monoisotopic (exact) mass is 1020 g/mol. The van der Waals surface area contributed by atoms with Gasteiger partial charge in [0.05, 0.1) is 21.6 Å². The van der Waals surface area contributed by atoms with Crippen LogP contribution in [0.5, 0.6) is 11.5 Å². The molecule has 1 aliphatic heterocycles. The maximum absolute atomic E-state index is 14.1. The molecule has 3 fully saturated rings. The number of sulfonamides is 1. The molecule has 0 bridgehead atoms. The Morgan fingerprint density at radius 1 is 0.903 bits per heavy atom. The van der Waals surface area contributed by atoms with Crippen LogP contribution in [0.25, 0.3) is 16.6 Å². The molecular weight excluding hydrogens is 952 g/mol. The summed E-state index contributed by atoms with van der Waals surface area (Å²) < 4.78 is 36.3. The van der Waals surface area contributed by atoms with Gasteiger partial charge in [-0.05, 0) is 122 Å². The lowest BCUT2D eigenvalue weighted by atomic mass is 9.69. The van der Waals surface area contributed by atoms with E-state index in [0.29, 0.717) is 36.3 Å². The normalized spacial score (nSPS) is 18.3. The van der Waals surface area contributed by atoms with Crippen molar-refractivity contribution in [1.29, 1.82) is 0 Å². The lowest BCUT2D eigenvalue weighted by Gasteiger charge is -2.39. The van der Waals surface area contributed by atoms with Crippen molar-refractivity contribution in [2.24, 2.45) is 23.2 Å². The first-order valence-corrected chi connectivity index (χ1v) is 27.6. The number of aromatic nitrogens is 2. The first-order chi connectivity index (χ1) is 34.7. The fourth-order valence-corrected chi connectivity index (χ4v) is 12.6. The van der Waals surface area contributed by atoms with Gasteiger partial charge in [-0.25, -0.2) is 18.1 Å². The molecule has 2 aromatic heterocycles. The first kappa shape index (κ1) is 51.0. The quantitative estimate of drug-likeness (QED) is 0.0394. The summed E-state index contributed by atoms with van der Waals surface area (Å²) in [5, 5.41) is 20.0. The molecule has 4 N–H and O–H groups in total. The molecule has 9 rings (SSSR count). The molecule has 382 valence electrons. The summed E-state index contributed by atoms with van der Waals surface area (Å²) in [4.78, 5) is 51.2. The molecule has 17 heteroatoms. The average molecular weight is 1020 g/mol. The lowest BCUT2D eigenvalue weighted by Crippen LogP contribution is -2.47. The number of piperazine rings is 1. The molecule has 15 nitrogen and oxygen atoms in total. The van der Waals surface area contributed by atoms with Crippen LogP contribution >= 0.6 is 11.6 Å². The highest BCUT2D eigenvalue weighted by Crippen LogP contribution is 2.44. The van der Waals surface area contributed by atoms with Gasteiger partial charge in [0, 0.05) is 86.2 Å². The summed E-state index contributed by atoms with van der Waals surface area (Å²) in [6.07, 6.45) is 17.8. The molecule has 1 saturated heterocycles. The Labute approximate surface area is 427 Å². The third-order valence-corrected chi connectivity index (χ3v) is 17.0. The van der Waals surface area contributed by atoms with E-state index in [1.165, 1.54) is 53.9 Å². The Bertz CT molecular complexity index is 2880. The maximum atomic E-state index is 14.1. The standard InChI is InChI=1S/C55H67ClN8O7S/c1-55(2)23-21-41(47(34-55)37-13-15-42(56)16-14-37)36-62-27-29-63(30-28-62)43-17-19-46(50(32-43)71-44-31-40-22-24-58-52(40)60-35-44)53(65)61-72(69,70)45-18-20-48(49(33-45)64(67)68)57-25-26-59-54(66)51(38-9-5-3-6-10-38)39-11-7-4-8-12-39/h13-20,22,24,31-33,35,38-39,51,57H,3-12,21,23,25-30,34,36H2,1-2H3,(H,58,60)(H,59,66)(H,61,65). The van der Waals surface area contributed by atoms with E-state index in [9.17, 15) is 28.1 Å². The van der Waals surface area contributed by atoms with Gasteiger partial charge in [-0.3, -0.25) is 24.6 Å². The number of nitro groups is 1. The SMILES string of the molecule is CC1(C)CCC(CN2CCN(c3ccc(C(=O)NS(=O)(=O)c4ccc(NCCNC(=O)C(C5CCCCC5)C5CCCCC5)c([N+](=O)[O-])c4)c(Oc4cnc5[nH]ccc5c4)c3)CC2)=C(c2ccc(Cl)cc2)C1. The Balaban J connectivity index is 0.875. The van der Waals surface area contributed by atoms with Crippen LogP contribution in [0.4, 0.5) is 17.1 Å². The van der Waals surface area contributed by atoms with Gasteiger partial charge in [-0.1, -0.05) is 81.7 Å². The number of amides is 2. The number of nitro benzene ring substituents is 1. The number of hydrogen-bond acceptors (Lipinski definition) is 11. The minimum absolute atomic E-state index is 0.0218. The summed E-state index contributed by atoms with van der Waals surface area (Å²) in [5.41, 5.74) is 5.31. The molecule has 0 unspecified atom stereocenters. The molecule has 72 heavy (non-hydrogen) atoms. The van der Waals surface area contributed by atoms with Crippen LogP contribution in [0.3, 0.4) is 0 Å². The Hall–Kier alpha value is -5.97. The van der Waals surface area contributed by atoms with Crippen LogP contribution in [0.15, 0.2) is 95.7 Å². The van der Waals surface area contributed by atoms with E-state index >= 15 is 0 Å². The van der Waals surface area contributed by atoms with Gasteiger partial charge < -0.3 is 25.3 Å². The summed E-state index contributed by atoms with van der Waals surface area (Å²) >= 11 is 6.26. The van der Waals surface area contributed by atoms with Crippen molar-refractivity contribution in [3.8, 4) is 11.5 Å². The number of anilines is 2. The zero-order chi connectivity index (χ0) is 50.4. The van der Waals surface area contributed by atoms with Gasteiger partial charge >= 0.3 is 0 Å². The van der Waals surface area contributed by atoms with Crippen LogP contribution in [0.2, 0.25) is 5.02 Å². The number of benzene rings is 3. The zero-order valence-electron chi connectivity index (χ0n) is 41.4. The van der Waals surface area contributed by atoms with Crippen LogP contribution in [-0.2, 0) is 14.8 Å². The summed E-state index contributed by atoms with van der Waals surface area (Å²) in [6.45, 7) is 9.03. The van der Waals surface area contributed by atoms with Crippen molar-refractivity contribution in [3.63, 3.8) is 0 Å². The van der Waals surface area contributed by atoms with Crippen molar-refractivity contribution in [2.45, 2.75) is 102 Å². The van der Waals surface area contributed by atoms with E-state index in [0.717, 1.165) is 112 Å². The first-order valence-electron chi connectivity index (χ1n) is 25.8. The lowest BCUT2D eigenvalue weighted by molar-refractivity contribution is -0.384. The maximum Gasteiger partial charge on any atom is 0.293 e. The predicted molar refractivity (Wildman–Crippen MR) is 283 cm³/mol. The third kappa shape index (κ3) is 12.3. The Kier molecular flexibility index (Phi) is 15.9. The number of H-pyrrole nitrogens is 1. The van der Waals surface area contributed by atoms with Crippen molar-refractivity contribution < 1.29 is 27.7 Å². The second-order valence-corrected chi connectivity index (χ2v) is 23.1. The summed E-state index contributed by atoms with van der Waals surface area (Å²) in [7, 11) is -4.62. The van der Waals surface area contributed by atoms with Crippen LogP contribution in [0, 0.1) is 33.3 Å². The number of rotatable bonds is 17. The second-order valence-electron chi connectivity index (χ2n) is 21.0. The minimum atomic E-state index is -4.62. The molecule has 2 saturated carbocycles. The van der Waals surface area contributed by atoms with Crippen LogP contribution < -0.4 is 25.0 Å². The van der Waals surface area contributed by atoms with E-state index < -0.39 is 31.4 Å². The van der Waals surface area contributed by atoms with Crippen molar-refractivity contribution in [3.05, 3.63) is 117 Å². The predicted octanol–water partition coefficient (Wildman–Crippen LogP) is 11.1. The van der Waals surface area contributed by atoms with Gasteiger partial charge in [0.15, 0.2) is 0 Å². The number of nitrogens with zero attached hydrogens (tertiary/aromatic N) is 4. The second kappa shape index (κ2) is 22.4. The van der Waals surface area contributed by atoms with E-state index in [-0.39, 0.29) is 47.3 Å². The van der Waals surface area contributed by atoms with Gasteiger partial charge in [-0.2, -0.15) is 0 Å². The third-order valence-electron chi connectivity index (χ3n) is 15.4. The average Bonchev–Trinajstić information content (AvgIpc) is 3.85. The molecule has 2 amide bonds. The molecule has 0 spiro atoms. The smallest absolute Gasteiger partial charge is 0.293 e. The fraction of sp³-hybridized carbons (Fsp3) is 0.473. The summed E-state index contributed by atoms with van der Waals surface area (Å²) in [6, 6.07) is 20.3. The van der Waals surface area contributed by atoms with Crippen molar-refractivity contribution >= 4 is 67.1 Å². The highest BCUT2D eigenvalue weighted by molar-refractivity contribution is 7.90. The molecule has 5 aromatic rings. The summed E-state index contributed by atoms with van der Waals surface area (Å²) in [5.74, 6) is 0.278. The number of aromatic amines is 1. The van der Waals surface area contributed by atoms with E-state index in [1.54, 1.807) is 24.4 Å². The number of allylic oxidation sites excluding steroid dienone is 1. The number of carbonyl (C=O) groups is 2. The topological polar surface area (TPSA) is 192 Å². The Morgan fingerprint density at radius 2 is 1.61 bits per heavy atom. The zero-order valence-corrected chi connectivity index (χ0v) is 43.0. The number of halogens is 1. The van der Waals surface area contributed by atoms with Gasteiger partial charge in [0.2, 0.25) is 5.91 Å². The molecule has 0 atom stereocenters. The molecular formula is C55H67ClN8O7S. The minimum Gasteiger partial charge on any atom is -0.455 e. The number of nitrogens with one attached hydrogen (secondary N) is 4. The molecule has 4 aliphatic rings. The molecule has 3 aromatic carbocycles. The van der Waals surface area contributed by atoms with Gasteiger partial charge in [0.1, 0.15) is 22.8 Å². The molecule has 3 heterocycles. The van der Waals surface area contributed by atoms with Crippen LogP contribution in [0.1, 0.15) is 113 Å². The Morgan fingerprint density at radius 3 is 2.31 bits per heavy atom. The van der Waals surface area contributed by atoms with E-state index in [4.69, 9.17) is 16.3 Å².